The Labute approximate surface area is 245 Å². The van der Waals surface area contributed by atoms with E-state index in [1.807, 2.05) is 0 Å². The third-order valence-corrected chi connectivity index (χ3v) is 14.1. The molecule has 37 heavy (non-hydrogen) atoms. The first-order valence-corrected chi connectivity index (χ1v) is 16.7. The van der Waals surface area contributed by atoms with Crippen molar-refractivity contribution < 1.29 is 18.9 Å². The van der Waals surface area contributed by atoms with E-state index >= 15 is 0 Å². The summed E-state index contributed by atoms with van der Waals surface area (Å²) in [7, 11) is 0. The monoisotopic (exact) mass is 501 g/mol. The Morgan fingerprint density at radius 1 is 0.730 bits per heavy atom. The van der Waals surface area contributed by atoms with Crippen molar-refractivity contribution in [3.8, 4) is 11.7 Å². The summed E-state index contributed by atoms with van der Waals surface area (Å²) >= 11 is 0. The second kappa shape index (κ2) is 12.4. The van der Waals surface area contributed by atoms with Crippen LogP contribution < -0.4 is 18.9 Å². The van der Waals surface area contributed by atoms with Gasteiger partial charge >= 0.3 is 18.9 Å². The number of fused-ring (bicyclic) bond motifs is 4. The molecule has 0 aromatic rings. The molecule has 0 aromatic carbocycles. The maximum Gasteiger partial charge on any atom is 1.00 e. The van der Waals surface area contributed by atoms with Gasteiger partial charge in [-0.15, -0.1) is 0 Å². The summed E-state index contributed by atoms with van der Waals surface area (Å²) in [6, 6.07) is 0. The van der Waals surface area contributed by atoms with Crippen LogP contribution in [0.15, 0.2) is 0 Å². The Kier molecular flexibility index (Phi) is 10.6. The van der Waals surface area contributed by atoms with Crippen LogP contribution in [0.4, 0.5) is 0 Å². The first-order valence-electron chi connectivity index (χ1n) is 16.7. The third-order valence-electron chi connectivity index (χ3n) is 14.1. The summed E-state index contributed by atoms with van der Waals surface area (Å²) in [6.45, 7) is 23.1. The zero-order valence-corrected chi connectivity index (χ0v) is 27.0. The predicted molar refractivity (Wildman–Crippen MR) is 162 cm³/mol. The molecule has 0 N–H and O–H groups in total. The molecule has 6 aliphatic rings. The second-order valence-electron chi connectivity index (χ2n) is 15.9. The van der Waals surface area contributed by atoms with E-state index in [2.05, 4.69) is 74.1 Å². The molecule has 0 saturated heterocycles. The van der Waals surface area contributed by atoms with Gasteiger partial charge in [-0.05, 0) is 53.8 Å². The summed E-state index contributed by atoms with van der Waals surface area (Å²) in [5.74, 6) is 16.3. The van der Waals surface area contributed by atoms with Gasteiger partial charge in [0.1, 0.15) is 0 Å². The molecule has 0 nitrogen and oxygen atoms in total. The molecule has 2 heteroatoms. The molecular weight excluding hydrogens is 438 g/mol. The van der Waals surface area contributed by atoms with Crippen LogP contribution in [-0.4, -0.2) is 6.15 Å². The summed E-state index contributed by atoms with van der Waals surface area (Å²) in [5, 5.41) is 0. The number of hydrogen-bond acceptors (Lipinski definition) is 0. The predicted octanol–water partition coefficient (Wildman–Crippen LogP) is 8.07. The fourth-order valence-corrected chi connectivity index (χ4v) is 11.2. The molecule has 0 unspecified atom stereocenters. The summed E-state index contributed by atoms with van der Waals surface area (Å²) in [6.07, 6.45) is 17.5. The molecule has 4 bridgehead atoms. The Morgan fingerprint density at radius 2 is 1.19 bits per heavy atom. The Morgan fingerprint density at radius 3 is 1.59 bits per heavy atom. The van der Waals surface area contributed by atoms with E-state index in [-0.39, 0.29) is 18.9 Å². The minimum Gasteiger partial charge on any atom is -0.314 e. The smallest absolute Gasteiger partial charge is 0.314 e. The number of unbranched alkanes of at least 4 members (excludes halogenated alkanes) is 7. The zero-order chi connectivity index (χ0) is 26.3. The average Bonchev–Trinajstić information content (AvgIpc) is 2.85. The second-order valence-corrected chi connectivity index (χ2v) is 15.9. The normalized spacial score (nSPS) is 37.8. The van der Waals surface area contributed by atoms with E-state index < -0.39 is 6.15 Å². The molecule has 0 aromatic heterocycles. The van der Waals surface area contributed by atoms with Crippen LogP contribution in [0.25, 0.3) is 0 Å². The number of rotatable bonds is 11. The van der Waals surface area contributed by atoms with Gasteiger partial charge in [-0.2, -0.15) is 23.4 Å². The van der Waals surface area contributed by atoms with E-state index in [1.54, 1.807) is 0 Å². The molecular formula is C35H62BLi. The molecule has 206 valence electrons. The quantitative estimate of drug-likeness (QED) is 0.153. The maximum absolute atomic E-state index is 4.34. The molecule has 6 saturated carbocycles. The van der Waals surface area contributed by atoms with Crippen molar-refractivity contribution in [1.82, 2.24) is 0 Å². The molecule has 6 fully saturated rings. The first kappa shape index (κ1) is 31.7. The molecule has 9 atom stereocenters. The zero-order valence-electron chi connectivity index (χ0n) is 27.0. The van der Waals surface area contributed by atoms with Gasteiger partial charge in [0.15, 0.2) is 0 Å². The summed E-state index contributed by atoms with van der Waals surface area (Å²) in [5.41, 5.74) is 1.14. The third kappa shape index (κ3) is 5.45. The molecule has 6 aliphatic carbocycles. The fourth-order valence-electron chi connectivity index (χ4n) is 11.2. The Balaban J connectivity index is 0.00000380. The van der Waals surface area contributed by atoms with E-state index in [9.17, 15) is 0 Å². The van der Waals surface area contributed by atoms with Crippen molar-refractivity contribution in [3.63, 3.8) is 0 Å². The Hall–Kier alpha value is 0.222. The van der Waals surface area contributed by atoms with Gasteiger partial charge in [0.05, 0.1) is 6.15 Å². The minimum atomic E-state index is -0.691. The minimum absolute atomic E-state index is 0. The largest absolute Gasteiger partial charge is 1.00 e. The van der Waals surface area contributed by atoms with Crippen LogP contribution in [-0.2, 0) is 0 Å². The SMILES string of the molecule is CCCCCCCCCC#C[B-]([C@@H]1C[C@@H]2C[C@H]([C@H]1C)C2(C)C)([C@@H]1C[C@@H]2C[C@H]([C@H]1C)C2(C)C)[C@@H](C)CC.[Li+]. The first-order chi connectivity index (χ1) is 17.0. The van der Waals surface area contributed by atoms with Crippen molar-refractivity contribution in [1.29, 1.82) is 0 Å². The Bertz CT molecular complexity index is 760. The van der Waals surface area contributed by atoms with Crippen molar-refractivity contribution in [3.05, 3.63) is 0 Å². The van der Waals surface area contributed by atoms with Gasteiger partial charge in [0.2, 0.25) is 0 Å². The van der Waals surface area contributed by atoms with E-state index in [0.717, 1.165) is 59.4 Å². The van der Waals surface area contributed by atoms with E-state index in [0.29, 0.717) is 10.8 Å². The maximum atomic E-state index is 4.34. The molecule has 0 radical (unpaired) electrons. The molecule has 0 heterocycles. The van der Waals surface area contributed by atoms with Crippen LogP contribution in [0.5, 0.6) is 0 Å². The van der Waals surface area contributed by atoms with Crippen molar-refractivity contribution in [2.45, 2.75) is 163 Å². The van der Waals surface area contributed by atoms with E-state index in [1.165, 1.54) is 77.0 Å². The van der Waals surface area contributed by atoms with Crippen LogP contribution in [0.3, 0.4) is 0 Å². The number of hydrogen-bond donors (Lipinski definition) is 0. The van der Waals surface area contributed by atoms with Gasteiger partial charge in [0, 0.05) is 6.42 Å². The standard InChI is InChI=1S/C35H62B.Li/c1-10-12-13-14-15-16-17-18-19-20-36(25(3)11-2,32-23-28-21-30(26(32)4)34(28,6)7)33-24-29-22-31(27(33)5)35(29,8)9;/h25-33H,10-18,21-24H2,1-9H3;/q-1;+1/t25-,26+,27+,28-,29-,30+,31+,32+,33+;/m0./s1. The molecule has 0 spiro atoms. The van der Waals surface area contributed by atoms with Gasteiger partial charge in [-0.3, -0.25) is 0 Å². The topological polar surface area (TPSA) is 0 Å². The van der Waals surface area contributed by atoms with Gasteiger partial charge in [0.25, 0.3) is 0 Å². The fraction of sp³-hybridized carbons (Fsp3) is 0.943. The van der Waals surface area contributed by atoms with Crippen LogP contribution in [0.1, 0.15) is 146 Å². The van der Waals surface area contributed by atoms with Crippen molar-refractivity contribution in [2.75, 3.05) is 0 Å². The van der Waals surface area contributed by atoms with E-state index in [4.69, 9.17) is 0 Å². The van der Waals surface area contributed by atoms with Crippen LogP contribution >= 0.6 is 0 Å². The van der Waals surface area contributed by atoms with Crippen molar-refractivity contribution in [2.24, 2.45) is 46.3 Å². The van der Waals surface area contributed by atoms with Gasteiger partial charge in [-0.1, -0.05) is 132 Å². The average molecular weight is 501 g/mol. The molecule has 6 rings (SSSR count). The van der Waals surface area contributed by atoms with Crippen LogP contribution in [0.2, 0.25) is 17.5 Å². The van der Waals surface area contributed by atoms with Gasteiger partial charge < -0.3 is 5.82 Å². The summed E-state index contributed by atoms with van der Waals surface area (Å²) < 4.78 is 0. The molecule has 0 aliphatic heterocycles. The van der Waals surface area contributed by atoms with Gasteiger partial charge in [-0.25, -0.2) is 0 Å². The molecule has 0 amide bonds. The summed E-state index contributed by atoms with van der Waals surface area (Å²) in [4.78, 5) is 0. The van der Waals surface area contributed by atoms with Crippen molar-refractivity contribution >= 4 is 6.15 Å². The van der Waals surface area contributed by atoms with Crippen LogP contribution in [0, 0.1) is 58.1 Å².